The molecule has 1 aliphatic rings. The number of nitrogens with zero attached hydrogens (tertiary/aromatic N) is 1. The van der Waals surface area contributed by atoms with Crippen molar-refractivity contribution in [3.05, 3.63) is 28.8 Å². The van der Waals surface area contributed by atoms with Crippen molar-refractivity contribution >= 4 is 23.4 Å². The molecule has 1 unspecified atom stereocenters. The van der Waals surface area contributed by atoms with E-state index >= 15 is 0 Å². The molecule has 2 rings (SSSR count). The molecule has 1 aromatic carbocycles. The van der Waals surface area contributed by atoms with Crippen LogP contribution in [0, 0.1) is 13.8 Å². The number of amides is 1. The summed E-state index contributed by atoms with van der Waals surface area (Å²) in [7, 11) is 0. The van der Waals surface area contributed by atoms with Gasteiger partial charge in [-0.25, -0.2) is 0 Å². The molecule has 1 atom stereocenters. The lowest BCUT2D eigenvalue weighted by Gasteiger charge is -2.33. The van der Waals surface area contributed by atoms with E-state index in [4.69, 9.17) is 5.73 Å². The van der Waals surface area contributed by atoms with Gasteiger partial charge in [-0.15, -0.1) is 0 Å². The molecule has 0 spiro atoms. The summed E-state index contributed by atoms with van der Waals surface area (Å²) in [6.07, 6.45) is 0. The number of aryl methyl sites for hydroxylation is 2. The Balaban J connectivity index is 2.30. The highest BCUT2D eigenvalue weighted by atomic mass is 32.2. The van der Waals surface area contributed by atoms with Gasteiger partial charge in [0.1, 0.15) is 0 Å². The molecule has 3 nitrogen and oxygen atoms in total. The number of benzene rings is 1. The number of nitrogens with two attached hydrogens (primary N) is 1. The monoisotopic (exact) mass is 264 g/mol. The Morgan fingerprint density at radius 2 is 2.11 bits per heavy atom. The highest BCUT2D eigenvalue weighted by Crippen LogP contribution is 2.23. The maximum absolute atomic E-state index is 12.6. The maximum atomic E-state index is 12.6. The molecule has 2 N–H and O–H groups in total. The Bertz CT molecular complexity index is 473. The zero-order chi connectivity index (χ0) is 13.3. The first-order chi connectivity index (χ1) is 8.50. The van der Waals surface area contributed by atoms with E-state index in [1.54, 1.807) is 0 Å². The van der Waals surface area contributed by atoms with Crippen LogP contribution in [-0.2, 0) is 0 Å². The summed E-state index contributed by atoms with van der Waals surface area (Å²) in [5.41, 5.74) is 9.41. The second-order valence-corrected chi connectivity index (χ2v) is 6.10. The van der Waals surface area contributed by atoms with Gasteiger partial charge < -0.3 is 10.6 Å². The van der Waals surface area contributed by atoms with Crippen molar-refractivity contribution < 1.29 is 4.79 Å². The third kappa shape index (κ3) is 2.48. The molecule has 0 aliphatic carbocycles. The topological polar surface area (TPSA) is 46.3 Å². The summed E-state index contributed by atoms with van der Waals surface area (Å²) in [6.45, 7) is 6.88. The summed E-state index contributed by atoms with van der Waals surface area (Å²) in [5, 5.41) is 0. The van der Waals surface area contributed by atoms with E-state index in [9.17, 15) is 4.79 Å². The molecule has 98 valence electrons. The summed E-state index contributed by atoms with van der Waals surface area (Å²) in [5.74, 6) is 2.16. The highest BCUT2D eigenvalue weighted by molar-refractivity contribution is 7.99. The van der Waals surface area contributed by atoms with E-state index in [2.05, 4.69) is 6.92 Å². The van der Waals surface area contributed by atoms with Gasteiger partial charge in [-0.3, -0.25) is 4.79 Å². The Morgan fingerprint density at radius 3 is 2.78 bits per heavy atom. The number of hydrogen-bond acceptors (Lipinski definition) is 3. The van der Waals surface area contributed by atoms with E-state index in [1.165, 1.54) is 0 Å². The number of anilines is 1. The van der Waals surface area contributed by atoms with Gasteiger partial charge in [0.15, 0.2) is 0 Å². The van der Waals surface area contributed by atoms with E-state index in [0.717, 1.165) is 34.7 Å². The van der Waals surface area contributed by atoms with E-state index in [0.29, 0.717) is 11.7 Å². The minimum Gasteiger partial charge on any atom is -0.398 e. The van der Waals surface area contributed by atoms with E-state index < -0.39 is 0 Å². The van der Waals surface area contributed by atoms with Crippen LogP contribution in [-0.4, -0.2) is 34.9 Å². The van der Waals surface area contributed by atoms with Crippen molar-refractivity contribution in [3.8, 4) is 0 Å². The van der Waals surface area contributed by atoms with Crippen LogP contribution in [0.3, 0.4) is 0 Å². The molecule has 1 heterocycles. The molecule has 0 bridgehead atoms. The average molecular weight is 264 g/mol. The van der Waals surface area contributed by atoms with Gasteiger partial charge in [-0.2, -0.15) is 11.8 Å². The quantitative estimate of drug-likeness (QED) is 0.793. The maximum Gasteiger partial charge on any atom is 0.254 e. The van der Waals surface area contributed by atoms with Gasteiger partial charge in [0.25, 0.3) is 5.91 Å². The second-order valence-electron chi connectivity index (χ2n) is 4.95. The number of hydrogen-bond donors (Lipinski definition) is 1. The van der Waals surface area contributed by atoms with Crippen LogP contribution in [0.2, 0.25) is 0 Å². The van der Waals surface area contributed by atoms with Crippen LogP contribution in [0.1, 0.15) is 28.4 Å². The third-order valence-corrected chi connectivity index (χ3v) is 4.66. The summed E-state index contributed by atoms with van der Waals surface area (Å²) in [6, 6.07) is 4.12. The zero-order valence-electron chi connectivity index (χ0n) is 11.2. The lowest BCUT2D eigenvalue weighted by Crippen LogP contribution is -2.44. The van der Waals surface area contributed by atoms with Crippen LogP contribution in [0.5, 0.6) is 0 Å². The lowest BCUT2D eigenvalue weighted by atomic mass is 10.0. The van der Waals surface area contributed by atoms with Crippen molar-refractivity contribution in [1.82, 2.24) is 4.90 Å². The summed E-state index contributed by atoms with van der Waals surface area (Å²) < 4.78 is 0. The molecule has 0 radical (unpaired) electrons. The van der Waals surface area contributed by atoms with Gasteiger partial charge in [0.2, 0.25) is 0 Å². The first kappa shape index (κ1) is 13.3. The fraction of sp³-hybridized carbons (Fsp3) is 0.500. The second kappa shape index (κ2) is 5.22. The molecule has 18 heavy (non-hydrogen) atoms. The largest absolute Gasteiger partial charge is 0.398 e. The van der Waals surface area contributed by atoms with Crippen LogP contribution >= 0.6 is 11.8 Å². The lowest BCUT2D eigenvalue weighted by molar-refractivity contribution is 0.0715. The van der Waals surface area contributed by atoms with Crippen molar-refractivity contribution in [2.24, 2.45) is 0 Å². The number of carbonyl (C=O) groups is 1. The van der Waals surface area contributed by atoms with Crippen molar-refractivity contribution in [3.63, 3.8) is 0 Å². The zero-order valence-corrected chi connectivity index (χ0v) is 12.0. The molecule has 1 aromatic rings. The molecule has 1 saturated heterocycles. The van der Waals surface area contributed by atoms with Gasteiger partial charge in [0.05, 0.1) is 0 Å². The third-order valence-electron chi connectivity index (χ3n) is 3.47. The number of carbonyl (C=O) groups excluding carboxylic acids is 1. The number of thioether (sulfide) groups is 1. The molecule has 1 aliphatic heterocycles. The van der Waals surface area contributed by atoms with Crippen molar-refractivity contribution in [2.75, 3.05) is 23.8 Å². The molecular formula is C14H20N2OS. The molecule has 0 saturated carbocycles. The smallest absolute Gasteiger partial charge is 0.254 e. The summed E-state index contributed by atoms with van der Waals surface area (Å²) >= 11 is 1.91. The molecular weight excluding hydrogens is 244 g/mol. The van der Waals surface area contributed by atoms with Gasteiger partial charge in [-0.1, -0.05) is 6.07 Å². The first-order valence-corrected chi connectivity index (χ1v) is 7.41. The molecule has 0 aromatic heterocycles. The Kier molecular flexibility index (Phi) is 3.85. The van der Waals surface area contributed by atoms with E-state index in [1.807, 2.05) is 42.6 Å². The number of nitrogen functional groups attached to an aromatic ring is 1. The minimum atomic E-state index is 0.118. The number of rotatable bonds is 1. The molecule has 1 fully saturated rings. The van der Waals surface area contributed by atoms with Crippen molar-refractivity contribution in [1.29, 1.82) is 0 Å². The Labute approximate surface area is 113 Å². The fourth-order valence-corrected chi connectivity index (χ4v) is 3.30. The molecule has 4 heteroatoms. The average Bonchev–Trinajstić information content (AvgIpc) is 2.33. The van der Waals surface area contributed by atoms with Crippen LogP contribution in [0.4, 0.5) is 5.69 Å². The highest BCUT2D eigenvalue weighted by Gasteiger charge is 2.25. The fourth-order valence-electron chi connectivity index (χ4n) is 2.28. The Hall–Kier alpha value is -1.16. The van der Waals surface area contributed by atoms with Gasteiger partial charge >= 0.3 is 0 Å². The SMILES string of the molecule is Cc1cc(C)c(C(=O)N2CCSCC2C)cc1N. The standard InChI is InChI=1S/C14H20N2OS/c1-9-6-10(2)13(15)7-12(9)14(17)16-4-5-18-8-11(16)3/h6-7,11H,4-5,8,15H2,1-3H3. The normalized spacial score (nSPS) is 19.9. The van der Waals surface area contributed by atoms with Crippen molar-refractivity contribution in [2.45, 2.75) is 26.8 Å². The van der Waals surface area contributed by atoms with Gasteiger partial charge in [0, 0.05) is 35.3 Å². The predicted octanol–water partition coefficient (Wildman–Crippen LogP) is 2.46. The van der Waals surface area contributed by atoms with E-state index in [-0.39, 0.29) is 5.91 Å². The van der Waals surface area contributed by atoms with Crippen LogP contribution in [0.25, 0.3) is 0 Å². The van der Waals surface area contributed by atoms with Crippen LogP contribution in [0.15, 0.2) is 12.1 Å². The van der Waals surface area contributed by atoms with Crippen LogP contribution < -0.4 is 5.73 Å². The predicted molar refractivity (Wildman–Crippen MR) is 78.2 cm³/mol. The first-order valence-electron chi connectivity index (χ1n) is 6.26. The summed E-state index contributed by atoms with van der Waals surface area (Å²) in [4.78, 5) is 14.5. The van der Waals surface area contributed by atoms with Gasteiger partial charge in [-0.05, 0) is 38.0 Å². The Morgan fingerprint density at radius 1 is 1.39 bits per heavy atom. The molecule has 1 amide bonds. The minimum absolute atomic E-state index is 0.118.